The van der Waals surface area contributed by atoms with Crippen LogP contribution < -0.4 is 0 Å². The summed E-state index contributed by atoms with van der Waals surface area (Å²) in [5, 5.41) is 1.66. The Labute approximate surface area is 279 Å². The van der Waals surface area contributed by atoms with Gasteiger partial charge in [0, 0.05) is 28.6 Å². The molecule has 5 aliphatic rings. The molecule has 4 aromatic rings. The predicted octanol–water partition coefficient (Wildman–Crippen LogP) is 11.4. The van der Waals surface area contributed by atoms with E-state index in [2.05, 4.69) is 106 Å². The van der Waals surface area contributed by atoms with Crippen molar-refractivity contribution in [2.75, 3.05) is 0 Å². The maximum Gasteiger partial charge on any atom is 0.195 e. The second-order valence-corrected chi connectivity index (χ2v) is 16.2. The van der Waals surface area contributed by atoms with Crippen LogP contribution in [0, 0.1) is 18.4 Å². The Bertz CT molecular complexity index is 1770. The number of fused-ring (bicyclic) bond motifs is 5. The van der Waals surface area contributed by atoms with Crippen LogP contribution in [-0.4, -0.2) is 33.5 Å². The lowest BCUT2D eigenvalue weighted by Gasteiger charge is -2.54. The van der Waals surface area contributed by atoms with Crippen LogP contribution in [0.15, 0.2) is 97.1 Å². The zero-order chi connectivity index (χ0) is 30.6. The molecular formula is C43H44N2S. The lowest BCUT2D eigenvalue weighted by Crippen LogP contribution is -2.60. The molecule has 8 atom stereocenters. The summed E-state index contributed by atoms with van der Waals surface area (Å²) in [6.07, 6.45) is 14.4. The summed E-state index contributed by atoms with van der Waals surface area (Å²) < 4.78 is 0. The molecule has 4 aromatic carbocycles. The summed E-state index contributed by atoms with van der Waals surface area (Å²) >= 11 is 2.43. The molecule has 3 heteroatoms. The standard InChI is InChI=1S/C43H44N2S/c1-44-38-26-32(28-10-3-2-4-11-28)20-22-35(38)34-15-8-14-31(25-34)29-12-7-13-30(24-29)33-21-23-40-42(27-33)46-41-19-9-17-37-36-16-5-6-18-39(36)45(40)43(37)41/h2-4,7-8,10-15,20,22,24-26,33,36-37,39-43H,5-6,9,16-19,21,23,27H2. The molecule has 2 nitrogen and oxygen atoms in total. The summed E-state index contributed by atoms with van der Waals surface area (Å²) in [5.74, 6) is 2.64. The Kier molecular flexibility index (Phi) is 7.56. The maximum atomic E-state index is 7.96. The Morgan fingerprint density at radius 2 is 1.35 bits per heavy atom. The highest BCUT2D eigenvalue weighted by Gasteiger charge is 2.59. The van der Waals surface area contributed by atoms with E-state index in [9.17, 15) is 0 Å². The van der Waals surface area contributed by atoms with Crippen LogP contribution in [0.3, 0.4) is 0 Å². The van der Waals surface area contributed by atoms with E-state index >= 15 is 0 Å². The first-order valence-corrected chi connectivity index (χ1v) is 18.9. The molecule has 0 radical (unpaired) electrons. The van der Waals surface area contributed by atoms with Gasteiger partial charge in [0.2, 0.25) is 0 Å². The number of hydrogen-bond acceptors (Lipinski definition) is 2. The highest BCUT2D eigenvalue weighted by Crippen LogP contribution is 2.59. The number of thioether (sulfide) groups is 1. The molecule has 3 aliphatic carbocycles. The average Bonchev–Trinajstić information content (AvgIpc) is 3.47. The van der Waals surface area contributed by atoms with Crippen molar-refractivity contribution < 1.29 is 0 Å². The largest absolute Gasteiger partial charge is 0.292 e. The zero-order valence-corrected chi connectivity index (χ0v) is 27.5. The van der Waals surface area contributed by atoms with Gasteiger partial charge in [-0.2, -0.15) is 11.8 Å². The van der Waals surface area contributed by atoms with E-state index in [1.54, 1.807) is 0 Å². The predicted molar refractivity (Wildman–Crippen MR) is 193 cm³/mol. The van der Waals surface area contributed by atoms with Gasteiger partial charge >= 0.3 is 0 Å². The molecule has 0 amide bonds. The van der Waals surface area contributed by atoms with Gasteiger partial charge in [-0.25, -0.2) is 4.85 Å². The van der Waals surface area contributed by atoms with E-state index in [1.807, 2.05) is 12.1 Å². The summed E-state index contributed by atoms with van der Waals surface area (Å²) in [6.45, 7) is 7.96. The molecular weight excluding hydrogens is 577 g/mol. The van der Waals surface area contributed by atoms with Gasteiger partial charge in [0.15, 0.2) is 5.69 Å². The summed E-state index contributed by atoms with van der Waals surface area (Å²) in [5.41, 5.74) is 9.11. The lowest BCUT2D eigenvalue weighted by atomic mass is 9.73. The molecule has 0 bridgehead atoms. The van der Waals surface area contributed by atoms with Gasteiger partial charge in [-0.1, -0.05) is 104 Å². The van der Waals surface area contributed by atoms with Gasteiger partial charge in [-0.15, -0.1) is 0 Å². The fourth-order valence-corrected chi connectivity index (χ4v) is 12.6. The monoisotopic (exact) mass is 620 g/mol. The molecule has 232 valence electrons. The molecule has 0 spiro atoms. The Morgan fingerprint density at radius 1 is 0.587 bits per heavy atom. The molecule has 9 rings (SSSR count). The summed E-state index contributed by atoms with van der Waals surface area (Å²) in [6, 6.07) is 37.5. The minimum Gasteiger partial charge on any atom is -0.292 e. The van der Waals surface area contributed by atoms with E-state index in [-0.39, 0.29) is 0 Å². The van der Waals surface area contributed by atoms with Crippen molar-refractivity contribution in [2.24, 2.45) is 11.8 Å². The Balaban J connectivity index is 0.966. The maximum absolute atomic E-state index is 7.96. The fourth-order valence-electron chi connectivity index (χ4n) is 10.5. The molecule has 0 aromatic heterocycles. The first-order valence-electron chi connectivity index (χ1n) is 18.0. The van der Waals surface area contributed by atoms with Crippen molar-refractivity contribution in [3.63, 3.8) is 0 Å². The Morgan fingerprint density at radius 3 is 2.24 bits per heavy atom. The third-order valence-corrected chi connectivity index (χ3v) is 14.2. The first kappa shape index (κ1) is 28.9. The number of rotatable bonds is 4. The summed E-state index contributed by atoms with van der Waals surface area (Å²) in [4.78, 5) is 7.13. The smallest absolute Gasteiger partial charge is 0.195 e. The van der Waals surface area contributed by atoms with Crippen molar-refractivity contribution in [3.05, 3.63) is 114 Å². The van der Waals surface area contributed by atoms with Gasteiger partial charge in [0.25, 0.3) is 0 Å². The molecule has 3 saturated carbocycles. The van der Waals surface area contributed by atoms with Crippen molar-refractivity contribution in [1.82, 2.24) is 4.90 Å². The molecule has 2 saturated heterocycles. The molecule has 0 N–H and O–H groups in total. The van der Waals surface area contributed by atoms with Gasteiger partial charge < -0.3 is 0 Å². The lowest BCUT2D eigenvalue weighted by molar-refractivity contribution is 0.0591. The van der Waals surface area contributed by atoms with Gasteiger partial charge in [0.1, 0.15) is 0 Å². The van der Waals surface area contributed by atoms with E-state index in [1.165, 1.54) is 80.9 Å². The van der Waals surface area contributed by atoms with Gasteiger partial charge in [0.05, 0.1) is 6.57 Å². The van der Waals surface area contributed by atoms with Crippen LogP contribution in [0.2, 0.25) is 0 Å². The minimum absolute atomic E-state index is 0.650. The SMILES string of the molecule is [C-]#[N+]c1cc(-c2ccccc2)ccc1-c1cccc(-c2cccc(C3CCC4C(C3)SC3CCCC5C6CCCCC6N4C35)c2)c1. The number of nitrogens with zero attached hydrogens (tertiary/aromatic N) is 2. The van der Waals surface area contributed by atoms with E-state index in [0.29, 0.717) is 11.6 Å². The van der Waals surface area contributed by atoms with Crippen LogP contribution >= 0.6 is 11.8 Å². The van der Waals surface area contributed by atoms with Gasteiger partial charge in [-0.05, 0) is 114 Å². The molecule has 2 aliphatic heterocycles. The van der Waals surface area contributed by atoms with Crippen LogP contribution in [0.5, 0.6) is 0 Å². The van der Waals surface area contributed by atoms with Crippen LogP contribution in [-0.2, 0) is 0 Å². The molecule has 46 heavy (non-hydrogen) atoms. The number of benzene rings is 4. The topological polar surface area (TPSA) is 7.60 Å². The second-order valence-electron chi connectivity index (χ2n) is 14.8. The van der Waals surface area contributed by atoms with E-state index < -0.39 is 0 Å². The van der Waals surface area contributed by atoms with Crippen LogP contribution in [0.4, 0.5) is 5.69 Å². The molecule has 5 fully saturated rings. The zero-order valence-electron chi connectivity index (χ0n) is 26.7. The highest BCUT2D eigenvalue weighted by molar-refractivity contribution is 8.00. The Hall–Kier alpha value is -3.32. The normalized spacial score (nSPS) is 31.7. The van der Waals surface area contributed by atoms with Crippen molar-refractivity contribution >= 4 is 17.4 Å². The van der Waals surface area contributed by atoms with Crippen molar-refractivity contribution in [2.45, 2.75) is 98.8 Å². The van der Waals surface area contributed by atoms with Gasteiger partial charge in [-0.3, -0.25) is 4.90 Å². The summed E-state index contributed by atoms with van der Waals surface area (Å²) in [7, 11) is 0. The number of hydrogen-bond donors (Lipinski definition) is 0. The van der Waals surface area contributed by atoms with Crippen molar-refractivity contribution in [3.8, 4) is 33.4 Å². The van der Waals surface area contributed by atoms with Crippen LogP contribution in [0.25, 0.3) is 38.2 Å². The van der Waals surface area contributed by atoms with Crippen molar-refractivity contribution in [1.29, 1.82) is 0 Å². The average molecular weight is 621 g/mol. The first-order chi connectivity index (χ1) is 22.7. The van der Waals surface area contributed by atoms with E-state index in [4.69, 9.17) is 6.57 Å². The quantitative estimate of drug-likeness (QED) is 0.210. The van der Waals surface area contributed by atoms with Crippen LogP contribution in [0.1, 0.15) is 75.7 Å². The molecule has 8 unspecified atom stereocenters. The molecule has 2 heterocycles. The minimum atomic E-state index is 0.650. The third-order valence-electron chi connectivity index (χ3n) is 12.5. The highest BCUT2D eigenvalue weighted by atomic mass is 32.2. The van der Waals surface area contributed by atoms with E-state index in [0.717, 1.165) is 62.7 Å². The fraction of sp³-hybridized carbons (Fsp3) is 0.419. The third kappa shape index (κ3) is 4.96. The second kappa shape index (κ2) is 12.0.